The predicted molar refractivity (Wildman–Crippen MR) is 90.5 cm³/mol. The molecule has 0 aromatic heterocycles. The summed E-state index contributed by atoms with van der Waals surface area (Å²) in [4.78, 5) is 26.0. The highest BCUT2D eigenvalue weighted by Crippen LogP contribution is 2.27. The normalized spacial score (nSPS) is 17.3. The van der Waals surface area contributed by atoms with Crippen LogP contribution >= 0.6 is 24.0 Å². The van der Waals surface area contributed by atoms with Gasteiger partial charge in [0.15, 0.2) is 0 Å². The summed E-state index contributed by atoms with van der Waals surface area (Å²) in [7, 11) is 0. The molecule has 1 atom stereocenters. The molecule has 1 aromatic carbocycles. The molecule has 1 fully saturated rings. The molecule has 7 heteroatoms. The Balaban J connectivity index is 0.00000242. The maximum Gasteiger partial charge on any atom is 0.239 e. The van der Waals surface area contributed by atoms with Gasteiger partial charge in [-0.05, 0) is 44.0 Å². The molecule has 122 valence electrons. The van der Waals surface area contributed by atoms with Gasteiger partial charge in [0.25, 0.3) is 0 Å². The lowest BCUT2D eigenvalue weighted by Crippen LogP contribution is -2.37. The van der Waals surface area contributed by atoms with E-state index in [2.05, 4.69) is 5.32 Å². The van der Waals surface area contributed by atoms with E-state index in [1.54, 1.807) is 23.1 Å². The molecule has 22 heavy (non-hydrogen) atoms. The number of hydrogen-bond donors (Lipinski definition) is 2. The molecule has 1 unspecified atom stereocenters. The Labute approximate surface area is 141 Å². The Hall–Kier alpha value is -1.30. The van der Waals surface area contributed by atoms with Crippen LogP contribution in [0.25, 0.3) is 0 Å². The number of carbonyl (C=O) groups is 2. The summed E-state index contributed by atoms with van der Waals surface area (Å²) in [5.74, 6) is -0.947. The van der Waals surface area contributed by atoms with E-state index in [0.29, 0.717) is 31.1 Å². The summed E-state index contributed by atoms with van der Waals surface area (Å²) in [6.45, 7) is 1.72. The average Bonchev–Trinajstić information content (AvgIpc) is 2.85. The van der Waals surface area contributed by atoms with Crippen molar-refractivity contribution in [1.29, 1.82) is 0 Å². The standard InChI is InChI=1S/C15H20ClN3O2.ClH/c16-11-4-3-5-12(10-11)19-9-6-13(15(19)21)14(20)18-8-2-1-7-17;/h3-5,10,13H,1-2,6-9,17H2,(H,18,20);1H. The number of amides is 2. The smallest absolute Gasteiger partial charge is 0.239 e. The fraction of sp³-hybridized carbons (Fsp3) is 0.467. The molecule has 3 N–H and O–H groups in total. The first-order chi connectivity index (χ1) is 10.1. The number of unbranched alkanes of at least 4 members (excludes halogenated alkanes) is 1. The van der Waals surface area contributed by atoms with Crippen LogP contribution in [0.5, 0.6) is 0 Å². The van der Waals surface area contributed by atoms with Gasteiger partial charge in [0.2, 0.25) is 11.8 Å². The number of nitrogens with two attached hydrogens (primary N) is 1. The van der Waals surface area contributed by atoms with Crippen LogP contribution in [0.2, 0.25) is 5.02 Å². The van der Waals surface area contributed by atoms with Crippen LogP contribution < -0.4 is 16.0 Å². The Morgan fingerprint density at radius 1 is 1.41 bits per heavy atom. The summed E-state index contributed by atoms with van der Waals surface area (Å²) in [5.41, 5.74) is 6.14. The molecule has 0 aliphatic carbocycles. The van der Waals surface area contributed by atoms with Crippen LogP contribution in [0.3, 0.4) is 0 Å². The lowest BCUT2D eigenvalue weighted by atomic mass is 10.1. The summed E-state index contributed by atoms with van der Waals surface area (Å²) < 4.78 is 0. The Morgan fingerprint density at radius 2 is 2.18 bits per heavy atom. The minimum Gasteiger partial charge on any atom is -0.355 e. The van der Waals surface area contributed by atoms with Crippen molar-refractivity contribution >= 4 is 41.5 Å². The van der Waals surface area contributed by atoms with E-state index < -0.39 is 5.92 Å². The van der Waals surface area contributed by atoms with Gasteiger partial charge in [0.1, 0.15) is 5.92 Å². The Morgan fingerprint density at radius 3 is 2.86 bits per heavy atom. The summed E-state index contributed by atoms with van der Waals surface area (Å²) in [6.07, 6.45) is 2.24. The first kappa shape index (κ1) is 18.7. The minimum atomic E-state index is -0.596. The van der Waals surface area contributed by atoms with Crippen molar-refractivity contribution in [2.24, 2.45) is 11.7 Å². The van der Waals surface area contributed by atoms with E-state index >= 15 is 0 Å². The van der Waals surface area contributed by atoms with E-state index in [1.807, 2.05) is 6.07 Å². The first-order valence-electron chi connectivity index (χ1n) is 7.18. The zero-order chi connectivity index (χ0) is 15.2. The zero-order valence-corrected chi connectivity index (χ0v) is 13.8. The van der Waals surface area contributed by atoms with Crippen LogP contribution in [0, 0.1) is 5.92 Å². The van der Waals surface area contributed by atoms with E-state index in [-0.39, 0.29) is 24.2 Å². The lowest BCUT2D eigenvalue weighted by Gasteiger charge is -2.17. The van der Waals surface area contributed by atoms with Gasteiger partial charge >= 0.3 is 0 Å². The fourth-order valence-corrected chi connectivity index (χ4v) is 2.61. The van der Waals surface area contributed by atoms with Gasteiger partial charge in [-0.3, -0.25) is 9.59 Å². The Bertz CT molecular complexity index is 525. The number of carbonyl (C=O) groups excluding carboxylic acids is 2. The third-order valence-electron chi connectivity index (χ3n) is 3.57. The minimum absolute atomic E-state index is 0. The van der Waals surface area contributed by atoms with Crippen molar-refractivity contribution in [3.05, 3.63) is 29.3 Å². The second kappa shape index (κ2) is 8.98. The molecule has 0 bridgehead atoms. The maximum absolute atomic E-state index is 12.3. The second-order valence-electron chi connectivity index (χ2n) is 5.10. The average molecular weight is 346 g/mol. The van der Waals surface area contributed by atoms with E-state index in [9.17, 15) is 9.59 Å². The highest BCUT2D eigenvalue weighted by atomic mass is 35.5. The third-order valence-corrected chi connectivity index (χ3v) is 3.81. The molecule has 1 aliphatic rings. The zero-order valence-electron chi connectivity index (χ0n) is 12.3. The van der Waals surface area contributed by atoms with Gasteiger partial charge in [-0.2, -0.15) is 0 Å². The molecule has 2 rings (SSSR count). The molecule has 1 aliphatic heterocycles. The summed E-state index contributed by atoms with van der Waals surface area (Å²) in [6, 6.07) is 7.12. The molecule has 0 spiro atoms. The maximum atomic E-state index is 12.3. The predicted octanol–water partition coefficient (Wildman–Crippen LogP) is 1.97. The van der Waals surface area contributed by atoms with Crippen LogP contribution in [0.1, 0.15) is 19.3 Å². The van der Waals surface area contributed by atoms with E-state index in [4.69, 9.17) is 17.3 Å². The topological polar surface area (TPSA) is 75.4 Å². The quantitative estimate of drug-likeness (QED) is 0.611. The molecule has 1 aromatic rings. The van der Waals surface area contributed by atoms with Crippen molar-refractivity contribution < 1.29 is 9.59 Å². The Kier molecular flexibility index (Phi) is 7.65. The van der Waals surface area contributed by atoms with E-state index in [1.165, 1.54) is 0 Å². The van der Waals surface area contributed by atoms with Gasteiger partial charge in [0.05, 0.1) is 0 Å². The van der Waals surface area contributed by atoms with Crippen LogP contribution in [0.15, 0.2) is 24.3 Å². The van der Waals surface area contributed by atoms with Crippen LogP contribution in [0.4, 0.5) is 5.69 Å². The number of benzene rings is 1. The fourth-order valence-electron chi connectivity index (χ4n) is 2.43. The summed E-state index contributed by atoms with van der Waals surface area (Å²) >= 11 is 5.94. The van der Waals surface area contributed by atoms with Crippen molar-refractivity contribution in [3.63, 3.8) is 0 Å². The highest BCUT2D eigenvalue weighted by Gasteiger charge is 2.37. The van der Waals surface area contributed by atoms with E-state index in [0.717, 1.165) is 18.5 Å². The highest BCUT2D eigenvalue weighted by molar-refractivity contribution is 6.31. The number of anilines is 1. The molecule has 2 amide bonds. The molecule has 1 saturated heterocycles. The molecular weight excluding hydrogens is 325 g/mol. The van der Waals surface area contributed by atoms with Crippen LogP contribution in [-0.2, 0) is 9.59 Å². The molecule has 0 radical (unpaired) electrons. The number of hydrogen-bond acceptors (Lipinski definition) is 3. The van der Waals surface area contributed by atoms with Crippen molar-refractivity contribution in [1.82, 2.24) is 5.32 Å². The molecular formula is C15H21Cl2N3O2. The SMILES string of the molecule is Cl.NCCCCNC(=O)C1CCN(c2cccc(Cl)c2)C1=O. The van der Waals surface area contributed by atoms with Gasteiger partial charge in [-0.1, -0.05) is 17.7 Å². The van der Waals surface area contributed by atoms with Crippen LogP contribution in [-0.4, -0.2) is 31.4 Å². The monoisotopic (exact) mass is 345 g/mol. The molecule has 0 saturated carbocycles. The lowest BCUT2D eigenvalue weighted by molar-refractivity contribution is -0.132. The molecule has 1 heterocycles. The largest absolute Gasteiger partial charge is 0.355 e. The first-order valence-corrected chi connectivity index (χ1v) is 7.56. The number of halogens is 2. The van der Waals surface area contributed by atoms with Crippen molar-refractivity contribution in [2.75, 3.05) is 24.5 Å². The number of nitrogens with one attached hydrogen (secondary N) is 1. The van der Waals surface area contributed by atoms with Gasteiger partial charge in [-0.25, -0.2) is 0 Å². The number of rotatable bonds is 6. The summed E-state index contributed by atoms with van der Waals surface area (Å²) in [5, 5.41) is 3.38. The molecule has 5 nitrogen and oxygen atoms in total. The van der Waals surface area contributed by atoms with Gasteiger partial charge < -0.3 is 16.0 Å². The second-order valence-corrected chi connectivity index (χ2v) is 5.53. The third kappa shape index (κ3) is 4.60. The van der Waals surface area contributed by atoms with Gasteiger partial charge in [-0.15, -0.1) is 12.4 Å². The van der Waals surface area contributed by atoms with Gasteiger partial charge in [0, 0.05) is 23.8 Å². The van der Waals surface area contributed by atoms with Crippen molar-refractivity contribution in [3.8, 4) is 0 Å². The van der Waals surface area contributed by atoms with Crippen molar-refractivity contribution in [2.45, 2.75) is 19.3 Å². The number of nitrogens with zero attached hydrogens (tertiary/aromatic N) is 1.